The summed E-state index contributed by atoms with van der Waals surface area (Å²) in [6.07, 6.45) is -1.45. The highest BCUT2D eigenvalue weighted by molar-refractivity contribution is 9.10. The quantitative estimate of drug-likeness (QED) is 0.854. The second-order valence-electron chi connectivity index (χ2n) is 4.19. The predicted octanol–water partition coefficient (Wildman–Crippen LogP) is 4.15. The molecule has 1 aromatic carbocycles. The van der Waals surface area contributed by atoms with Gasteiger partial charge in [-0.25, -0.2) is 13.6 Å². The minimum atomic E-state index is -1.49. The summed E-state index contributed by atoms with van der Waals surface area (Å²) >= 11 is 3.10. The number of hydrogen-bond acceptors (Lipinski definition) is 2. The van der Waals surface area contributed by atoms with Crippen molar-refractivity contribution in [3.05, 3.63) is 33.6 Å². The summed E-state index contributed by atoms with van der Waals surface area (Å²) < 4.78 is 42.5. The van der Waals surface area contributed by atoms with Gasteiger partial charge in [0, 0.05) is 5.56 Å². The minimum Gasteiger partial charge on any atom is -0.481 e. The van der Waals surface area contributed by atoms with Gasteiger partial charge in [0.1, 0.15) is 17.7 Å². The molecule has 0 amide bonds. The second kappa shape index (κ2) is 7.49. The molecule has 0 fully saturated rings. The first-order chi connectivity index (χ1) is 9.81. The molecule has 0 aliphatic carbocycles. The van der Waals surface area contributed by atoms with Crippen molar-refractivity contribution in [2.75, 3.05) is 6.67 Å². The van der Waals surface area contributed by atoms with Gasteiger partial charge >= 0.3 is 5.97 Å². The topological polar surface area (TPSA) is 46.5 Å². The van der Waals surface area contributed by atoms with Gasteiger partial charge in [0.05, 0.1) is 16.7 Å². The van der Waals surface area contributed by atoms with E-state index in [9.17, 15) is 18.0 Å². The zero-order valence-electron chi connectivity index (χ0n) is 11.4. The molecule has 3 nitrogen and oxygen atoms in total. The molecule has 0 spiro atoms. The molecule has 116 valence electrons. The molecule has 2 atom stereocenters. The van der Waals surface area contributed by atoms with Crippen LogP contribution in [0.15, 0.2) is 22.2 Å². The number of carboxylic acids is 1. The molecule has 1 aromatic rings. The first-order valence-electron chi connectivity index (χ1n) is 6.12. The maximum absolute atomic E-state index is 13.4. The molecule has 0 saturated carbocycles. The van der Waals surface area contributed by atoms with E-state index in [0.717, 1.165) is 6.07 Å². The number of rotatable bonds is 2. The van der Waals surface area contributed by atoms with E-state index in [1.807, 2.05) is 0 Å². The van der Waals surface area contributed by atoms with E-state index in [1.54, 1.807) is 0 Å². The van der Waals surface area contributed by atoms with E-state index in [-0.39, 0.29) is 23.6 Å². The third-order valence-corrected chi connectivity index (χ3v) is 3.15. The van der Waals surface area contributed by atoms with Gasteiger partial charge in [-0.2, -0.15) is 0 Å². The van der Waals surface area contributed by atoms with Crippen LogP contribution in [0.3, 0.4) is 0 Å². The molecule has 0 bridgehead atoms. The van der Waals surface area contributed by atoms with Crippen molar-refractivity contribution in [1.29, 1.82) is 0 Å². The van der Waals surface area contributed by atoms with Crippen LogP contribution < -0.4 is 4.74 Å². The average molecular weight is 367 g/mol. The van der Waals surface area contributed by atoms with E-state index >= 15 is 0 Å². The predicted molar refractivity (Wildman–Crippen MR) is 76.3 cm³/mol. The highest BCUT2D eigenvalue weighted by atomic mass is 79.9. The van der Waals surface area contributed by atoms with Crippen LogP contribution in [-0.2, 0) is 4.79 Å². The fourth-order valence-corrected chi connectivity index (χ4v) is 2.32. The number of aliphatic carboxylic acids is 1. The van der Waals surface area contributed by atoms with Crippen molar-refractivity contribution in [2.45, 2.75) is 26.1 Å². The van der Waals surface area contributed by atoms with E-state index in [4.69, 9.17) is 9.84 Å². The van der Waals surface area contributed by atoms with Gasteiger partial charge in [-0.15, -0.1) is 0 Å². The maximum atomic E-state index is 13.4. The molecular formula is C14H14BrF3O3. The summed E-state index contributed by atoms with van der Waals surface area (Å²) in [6, 6.07) is 2.32. The van der Waals surface area contributed by atoms with Gasteiger partial charge in [0.15, 0.2) is 6.10 Å². The summed E-state index contributed by atoms with van der Waals surface area (Å²) in [4.78, 5) is 11.0. The third kappa shape index (κ3) is 4.23. The van der Waals surface area contributed by atoms with E-state index < -0.39 is 24.1 Å². The van der Waals surface area contributed by atoms with Gasteiger partial charge in [-0.3, -0.25) is 4.39 Å². The van der Waals surface area contributed by atoms with Crippen molar-refractivity contribution in [3.8, 4) is 5.75 Å². The van der Waals surface area contributed by atoms with Gasteiger partial charge in [0.25, 0.3) is 0 Å². The number of alkyl halides is 2. The Kier molecular flexibility index (Phi) is 6.26. The lowest BCUT2D eigenvalue weighted by molar-refractivity contribution is -0.134. The molecule has 0 saturated heterocycles. The molecule has 7 heteroatoms. The average Bonchev–Trinajstić information content (AvgIpc) is 2.37. The fraction of sp³-hybridized carbons (Fsp3) is 0.357. The SMILES string of the molecule is CC(F)C1Oc2c(Br)cc(F)cc2C=C1C(=O)O.CCF. The zero-order chi connectivity index (χ0) is 16.2. The largest absolute Gasteiger partial charge is 0.481 e. The normalized spacial score (nSPS) is 17.6. The third-order valence-electron chi connectivity index (χ3n) is 2.56. The monoisotopic (exact) mass is 366 g/mol. The van der Waals surface area contributed by atoms with Crippen molar-refractivity contribution >= 4 is 28.0 Å². The Morgan fingerprint density at radius 3 is 2.57 bits per heavy atom. The Morgan fingerprint density at radius 2 is 2.10 bits per heavy atom. The Bertz CT molecular complexity index is 559. The van der Waals surface area contributed by atoms with Crippen LogP contribution in [0.25, 0.3) is 6.08 Å². The highest BCUT2D eigenvalue weighted by Gasteiger charge is 2.33. The lowest BCUT2D eigenvalue weighted by atomic mass is 9.99. The molecule has 21 heavy (non-hydrogen) atoms. The molecule has 2 unspecified atom stereocenters. The second-order valence-corrected chi connectivity index (χ2v) is 5.05. The van der Waals surface area contributed by atoms with Crippen molar-refractivity contribution < 1.29 is 27.8 Å². The molecule has 1 heterocycles. The van der Waals surface area contributed by atoms with Crippen molar-refractivity contribution in [1.82, 2.24) is 0 Å². The summed E-state index contributed by atoms with van der Waals surface area (Å²) in [5, 5.41) is 9.00. The summed E-state index contributed by atoms with van der Waals surface area (Å²) in [5.41, 5.74) is 0.0474. The summed E-state index contributed by atoms with van der Waals surface area (Å²) in [7, 11) is 0. The van der Waals surface area contributed by atoms with Gasteiger partial charge in [-0.1, -0.05) is 0 Å². The van der Waals surface area contributed by atoms with Crippen LogP contribution in [0.4, 0.5) is 13.2 Å². The Balaban J connectivity index is 0.000000677. The van der Waals surface area contributed by atoms with E-state index in [2.05, 4.69) is 15.9 Å². The molecule has 0 radical (unpaired) electrons. The molecule has 0 aromatic heterocycles. The van der Waals surface area contributed by atoms with Crippen LogP contribution >= 0.6 is 15.9 Å². The zero-order valence-corrected chi connectivity index (χ0v) is 13.0. The number of fused-ring (bicyclic) bond motifs is 1. The Hall–Kier alpha value is -1.50. The van der Waals surface area contributed by atoms with Gasteiger partial charge in [-0.05, 0) is 48.0 Å². The van der Waals surface area contributed by atoms with Crippen LogP contribution in [-0.4, -0.2) is 30.0 Å². The number of carbonyl (C=O) groups is 1. The molecule has 1 N–H and O–H groups in total. The van der Waals surface area contributed by atoms with Crippen LogP contribution in [0.2, 0.25) is 0 Å². The highest BCUT2D eigenvalue weighted by Crippen LogP contribution is 2.38. The molecule has 1 aliphatic heterocycles. The van der Waals surface area contributed by atoms with Crippen LogP contribution in [0.5, 0.6) is 5.75 Å². The lowest BCUT2D eigenvalue weighted by Gasteiger charge is -2.27. The molecule has 2 rings (SSSR count). The maximum Gasteiger partial charge on any atom is 0.335 e. The molecular weight excluding hydrogens is 353 g/mol. The summed E-state index contributed by atoms with van der Waals surface area (Å²) in [6.45, 7) is 2.42. The number of ether oxygens (including phenoxy) is 1. The Morgan fingerprint density at radius 1 is 1.52 bits per heavy atom. The summed E-state index contributed by atoms with van der Waals surface area (Å²) in [5.74, 6) is -1.57. The van der Waals surface area contributed by atoms with E-state index in [1.165, 1.54) is 26.0 Å². The minimum absolute atomic E-state index is 0.227. The van der Waals surface area contributed by atoms with Crippen molar-refractivity contribution in [3.63, 3.8) is 0 Å². The van der Waals surface area contributed by atoms with Gasteiger partial charge in [0.2, 0.25) is 0 Å². The van der Waals surface area contributed by atoms with E-state index in [0.29, 0.717) is 4.47 Å². The Labute approximate surface area is 128 Å². The van der Waals surface area contributed by atoms with Gasteiger partial charge < -0.3 is 9.84 Å². The number of carboxylic acid groups (broad SMARTS) is 1. The molecule has 1 aliphatic rings. The lowest BCUT2D eigenvalue weighted by Crippen LogP contribution is -2.34. The smallest absolute Gasteiger partial charge is 0.335 e. The fourth-order valence-electron chi connectivity index (χ4n) is 1.78. The standard InChI is InChI=1S/C12H9BrF2O3.C2H5F/c1-5(14)10-8(12(16)17)3-6-2-7(15)4-9(13)11(6)18-10;1-2-3/h2-5,10H,1H3,(H,16,17);2H2,1H3. The van der Waals surface area contributed by atoms with Crippen molar-refractivity contribution in [2.24, 2.45) is 0 Å². The van der Waals surface area contributed by atoms with Crippen LogP contribution in [0, 0.1) is 5.82 Å². The first-order valence-corrected chi connectivity index (χ1v) is 6.91. The number of halogens is 4. The van der Waals surface area contributed by atoms with Crippen LogP contribution in [0.1, 0.15) is 19.4 Å². The first kappa shape index (κ1) is 17.6. The number of hydrogen-bond donors (Lipinski definition) is 1. The number of benzene rings is 1.